The lowest BCUT2D eigenvalue weighted by Crippen LogP contribution is -2.44. The smallest absolute Gasteiger partial charge is 0.222 e. The number of amides is 1. The third kappa shape index (κ3) is 5.42. The second-order valence-electron chi connectivity index (χ2n) is 10.2. The van der Waals surface area contributed by atoms with Gasteiger partial charge in [-0.2, -0.15) is 0 Å². The zero-order chi connectivity index (χ0) is 26.9. The molecule has 38 heavy (non-hydrogen) atoms. The molecule has 6 N–H and O–H groups in total. The number of hydrogen-bond donors (Lipinski definition) is 4. The first-order valence-electron chi connectivity index (χ1n) is 12.7. The number of amidine groups is 1. The van der Waals surface area contributed by atoms with Gasteiger partial charge in [0.05, 0.1) is 12.4 Å². The van der Waals surface area contributed by atoms with Gasteiger partial charge in [0, 0.05) is 53.0 Å². The molecule has 0 aliphatic carbocycles. The number of nitrogens with zero attached hydrogens (tertiary/aromatic N) is 8. The fourth-order valence-electron chi connectivity index (χ4n) is 5.10. The maximum absolute atomic E-state index is 12.9. The second kappa shape index (κ2) is 10.6. The van der Waals surface area contributed by atoms with Gasteiger partial charge >= 0.3 is 0 Å². The van der Waals surface area contributed by atoms with Crippen LogP contribution in [0, 0.1) is 5.41 Å². The lowest BCUT2D eigenvalue weighted by molar-refractivity contribution is -0.133. The van der Waals surface area contributed by atoms with Gasteiger partial charge in [0.25, 0.3) is 0 Å². The molecule has 0 saturated carbocycles. The van der Waals surface area contributed by atoms with Crippen LogP contribution in [-0.2, 0) is 17.8 Å². The molecule has 1 spiro atoms. The summed E-state index contributed by atoms with van der Waals surface area (Å²) in [5.41, 5.74) is 13.6. The molecule has 0 bridgehead atoms. The monoisotopic (exact) mass is 540 g/mol. The van der Waals surface area contributed by atoms with Gasteiger partial charge in [0.15, 0.2) is 28.0 Å². The predicted octanol–water partition coefficient (Wildman–Crippen LogP) is 1.55. The number of halogens is 1. The van der Waals surface area contributed by atoms with Crippen LogP contribution < -0.4 is 21.7 Å². The molecule has 2 aliphatic heterocycles. The van der Waals surface area contributed by atoms with Crippen LogP contribution in [0.1, 0.15) is 43.6 Å². The van der Waals surface area contributed by atoms with Crippen LogP contribution in [0.4, 0.5) is 17.5 Å². The standard InChI is InChI=1S/C24H33ClN12O/c1-36(2)23-18-22(30-13-31-23)34-15(33-18)4-3-5-17(38)37-8-6-24(7-9-37)10-16(29-12-24)28-11-14-20(26)35-21(27)19(25)32-14/h13H,3-12H2,1-2H3,(H,28,29)(H4,26,27,35)(H,30,31,33,34). The van der Waals surface area contributed by atoms with Crippen molar-refractivity contribution in [1.29, 1.82) is 0 Å². The van der Waals surface area contributed by atoms with E-state index in [1.54, 1.807) is 0 Å². The lowest BCUT2D eigenvalue weighted by Gasteiger charge is -2.38. The number of imidazole rings is 1. The number of aromatic amines is 1. The Morgan fingerprint density at radius 1 is 1.18 bits per heavy atom. The van der Waals surface area contributed by atoms with Crippen LogP contribution in [-0.4, -0.2) is 80.3 Å². The number of carbonyl (C=O) groups excluding carboxylic acids is 1. The summed E-state index contributed by atoms with van der Waals surface area (Å²) in [7, 11) is 3.85. The van der Waals surface area contributed by atoms with E-state index in [0.29, 0.717) is 24.2 Å². The minimum atomic E-state index is 0.114. The number of hydrogen-bond acceptors (Lipinski definition) is 10. The first-order chi connectivity index (χ1) is 18.2. The molecule has 2 aliphatic rings. The number of nitrogens with one attached hydrogen (secondary N) is 2. The average molecular weight is 541 g/mol. The number of nitrogens with two attached hydrogens (primary N) is 2. The summed E-state index contributed by atoms with van der Waals surface area (Å²) in [5, 5.41) is 3.56. The molecule has 202 valence electrons. The van der Waals surface area contributed by atoms with Crippen LogP contribution in [0.5, 0.6) is 0 Å². The van der Waals surface area contributed by atoms with Crippen molar-refractivity contribution in [3.63, 3.8) is 0 Å². The largest absolute Gasteiger partial charge is 0.382 e. The summed E-state index contributed by atoms with van der Waals surface area (Å²) >= 11 is 5.97. The number of carbonyl (C=O) groups is 1. The Morgan fingerprint density at radius 3 is 2.74 bits per heavy atom. The van der Waals surface area contributed by atoms with E-state index in [9.17, 15) is 4.79 Å². The Morgan fingerprint density at radius 2 is 1.97 bits per heavy atom. The Balaban J connectivity index is 1.09. The van der Waals surface area contributed by atoms with Crippen LogP contribution in [0.15, 0.2) is 11.3 Å². The summed E-state index contributed by atoms with van der Waals surface area (Å²) < 4.78 is 0. The van der Waals surface area contributed by atoms with Crippen molar-refractivity contribution in [3.8, 4) is 0 Å². The molecule has 2 fully saturated rings. The molecular weight excluding hydrogens is 508 g/mol. The van der Waals surface area contributed by atoms with Crippen molar-refractivity contribution in [3.05, 3.63) is 23.0 Å². The molecule has 13 nitrogen and oxygen atoms in total. The number of piperidine rings is 1. The predicted molar refractivity (Wildman–Crippen MR) is 147 cm³/mol. The van der Waals surface area contributed by atoms with Gasteiger partial charge in [-0.25, -0.2) is 24.9 Å². The molecule has 2 saturated heterocycles. The van der Waals surface area contributed by atoms with Crippen molar-refractivity contribution in [2.75, 3.05) is 50.1 Å². The summed E-state index contributed by atoms with van der Waals surface area (Å²) in [6, 6.07) is 0. The summed E-state index contributed by atoms with van der Waals surface area (Å²) in [5.74, 6) is 3.07. The number of anilines is 3. The number of aliphatic imine (C=N–C) groups is 1. The Bertz CT molecular complexity index is 1360. The van der Waals surface area contributed by atoms with Crippen LogP contribution >= 0.6 is 11.6 Å². The SMILES string of the molecule is CN(C)c1ncnc2[nH]c(CCCC(=O)N3CCC4(CC3)CN/C(=N\Cc3nc(Cl)c(N)nc3N)C4)nc12. The molecule has 14 heteroatoms. The van der Waals surface area contributed by atoms with Gasteiger partial charge in [0.2, 0.25) is 5.91 Å². The summed E-state index contributed by atoms with van der Waals surface area (Å²) in [6.07, 6.45) is 6.16. The van der Waals surface area contributed by atoms with Gasteiger partial charge in [-0.15, -0.1) is 0 Å². The van der Waals surface area contributed by atoms with Gasteiger partial charge in [-0.05, 0) is 24.7 Å². The van der Waals surface area contributed by atoms with Gasteiger partial charge in [-0.1, -0.05) is 11.6 Å². The number of nitrogen functional groups attached to an aromatic ring is 2. The molecule has 3 aromatic heterocycles. The zero-order valence-corrected chi connectivity index (χ0v) is 22.4. The van der Waals surface area contributed by atoms with E-state index >= 15 is 0 Å². The first-order valence-corrected chi connectivity index (χ1v) is 13.1. The first kappa shape index (κ1) is 25.9. The van der Waals surface area contributed by atoms with Crippen molar-refractivity contribution in [2.45, 2.75) is 45.1 Å². The van der Waals surface area contributed by atoms with Crippen LogP contribution in [0.2, 0.25) is 5.15 Å². The maximum Gasteiger partial charge on any atom is 0.222 e. The normalized spacial score (nSPS) is 17.9. The van der Waals surface area contributed by atoms with E-state index < -0.39 is 0 Å². The van der Waals surface area contributed by atoms with E-state index in [4.69, 9.17) is 23.1 Å². The van der Waals surface area contributed by atoms with E-state index in [0.717, 1.165) is 68.3 Å². The van der Waals surface area contributed by atoms with E-state index in [2.05, 4.69) is 40.2 Å². The molecule has 0 unspecified atom stereocenters. The Labute approximate surface area is 225 Å². The second-order valence-corrected chi connectivity index (χ2v) is 10.6. The fourth-order valence-corrected chi connectivity index (χ4v) is 5.24. The highest BCUT2D eigenvalue weighted by Crippen LogP contribution is 2.38. The fraction of sp³-hybridized carbons (Fsp3) is 0.542. The maximum atomic E-state index is 12.9. The molecule has 0 atom stereocenters. The zero-order valence-electron chi connectivity index (χ0n) is 21.7. The lowest BCUT2D eigenvalue weighted by atomic mass is 9.77. The Kier molecular flexibility index (Phi) is 7.19. The van der Waals surface area contributed by atoms with Gasteiger partial charge < -0.3 is 31.6 Å². The third-order valence-electron chi connectivity index (χ3n) is 7.33. The van der Waals surface area contributed by atoms with Gasteiger partial charge in [0.1, 0.15) is 23.7 Å². The topological polar surface area (TPSA) is 180 Å². The third-order valence-corrected chi connectivity index (χ3v) is 7.61. The van der Waals surface area contributed by atoms with E-state index in [1.807, 2.05) is 23.9 Å². The molecule has 0 radical (unpaired) electrons. The van der Waals surface area contributed by atoms with Crippen LogP contribution in [0.25, 0.3) is 11.2 Å². The molecule has 3 aromatic rings. The minimum absolute atomic E-state index is 0.114. The quantitative estimate of drug-likeness (QED) is 0.343. The average Bonchev–Trinajstić information content (AvgIpc) is 3.49. The molecule has 5 heterocycles. The summed E-state index contributed by atoms with van der Waals surface area (Å²) in [6.45, 7) is 2.65. The highest BCUT2D eigenvalue weighted by Gasteiger charge is 2.40. The van der Waals surface area contributed by atoms with Gasteiger partial charge in [-0.3, -0.25) is 9.79 Å². The number of aromatic nitrogens is 6. The van der Waals surface area contributed by atoms with Crippen molar-refractivity contribution in [2.24, 2.45) is 10.4 Å². The summed E-state index contributed by atoms with van der Waals surface area (Å²) in [4.78, 5) is 46.1. The van der Waals surface area contributed by atoms with E-state index in [-0.39, 0.29) is 34.7 Å². The minimum Gasteiger partial charge on any atom is -0.382 e. The van der Waals surface area contributed by atoms with Crippen molar-refractivity contribution >= 4 is 52.0 Å². The molecule has 1 amide bonds. The number of aryl methyl sites for hydroxylation is 1. The number of likely N-dealkylation sites (tertiary alicyclic amines) is 1. The van der Waals surface area contributed by atoms with Crippen molar-refractivity contribution in [1.82, 2.24) is 40.1 Å². The number of H-pyrrole nitrogens is 1. The number of fused-ring (bicyclic) bond motifs is 1. The highest BCUT2D eigenvalue weighted by molar-refractivity contribution is 6.31. The van der Waals surface area contributed by atoms with Crippen molar-refractivity contribution < 1.29 is 4.79 Å². The Hall–Kier alpha value is -3.74. The van der Waals surface area contributed by atoms with E-state index in [1.165, 1.54) is 6.33 Å². The highest BCUT2D eigenvalue weighted by atomic mass is 35.5. The molecule has 5 rings (SSSR count). The molecule has 0 aromatic carbocycles. The van der Waals surface area contributed by atoms with Crippen LogP contribution in [0.3, 0.4) is 0 Å². The molecular formula is C24H33ClN12O. The number of rotatable bonds is 7.